The highest BCUT2D eigenvalue weighted by atomic mass is 16.3. The lowest BCUT2D eigenvalue weighted by Crippen LogP contribution is -2.30. The van der Waals surface area contributed by atoms with Crippen molar-refractivity contribution in [3.8, 4) is 0 Å². The molecule has 0 spiro atoms. The number of likely N-dealkylation sites (tertiary alicyclic amines) is 1. The van der Waals surface area contributed by atoms with Crippen LogP contribution in [0, 0.1) is 12.8 Å². The quantitative estimate of drug-likeness (QED) is 0.881. The number of aliphatic hydroxyl groups excluding tert-OH is 1. The molecule has 4 nitrogen and oxygen atoms in total. The zero-order chi connectivity index (χ0) is 14.3. The van der Waals surface area contributed by atoms with Crippen molar-refractivity contribution in [2.75, 3.05) is 13.1 Å². The molecule has 20 heavy (non-hydrogen) atoms. The summed E-state index contributed by atoms with van der Waals surface area (Å²) >= 11 is 0. The van der Waals surface area contributed by atoms with E-state index in [0.717, 1.165) is 35.1 Å². The van der Waals surface area contributed by atoms with Gasteiger partial charge in [0.05, 0.1) is 11.7 Å². The minimum atomic E-state index is -0.350. The summed E-state index contributed by atoms with van der Waals surface area (Å²) < 4.78 is 0. The lowest BCUT2D eigenvalue weighted by molar-refractivity contribution is 0.0763. The van der Waals surface area contributed by atoms with Crippen LogP contribution in [0.15, 0.2) is 24.3 Å². The molecular weight excluding hydrogens is 252 g/mol. The van der Waals surface area contributed by atoms with Crippen LogP contribution in [0.1, 0.15) is 29.4 Å². The van der Waals surface area contributed by atoms with Crippen molar-refractivity contribution in [3.05, 3.63) is 35.5 Å². The Morgan fingerprint density at radius 2 is 2.20 bits per heavy atom. The summed E-state index contributed by atoms with van der Waals surface area (Å²) in [4.78, 5) is 17.9. The number of nitrogens with zero attached hydrogens (tertiary/aromatic N) is 1. The van der Waals surface area contributed by atoms with Crippen molar-refractivity contribution in [3.63, 3.8) is 0 Å². The number of rotatable bonds is 2. The van der Waals surface area contributed by atoms with Crippen molar-refractivity contribution < 1.29 is 9.90 Å². The topological polar surface area (TPSA) is 56.3 Å². The van der Waals surface area contributed by atoms with Gasteiger partial charge in [-0.15, -0.1) is 0 Å². The lowest BCUT2D eigenvalue weighted by Gasteiger charge is -2.18. The Morgan fingerprint density at radius 1 is 1.45 bits per heavy atom. The molecule has 1 aromatic carbocycles. The van der Waals surface area contributed by atoms with E-state index in [1.807, 2.05) is 36.1 Å². The van der Waals surface area contributed by atoms with Gasteiger partial charge < -0.3 is 15.0 Å². The normalized spacial score (nSPS) is 20.6. The molecule has 2 unspecified atom stereocenters. The molecule has 2 atom stereocenters. The average molecular weight is 272 g/mol. The SMILES string of the molecule is Cc1[nH]c2ccccc2c1C(=O)N1CCC(C(C)O)C1. The number of nitrogens with one attached hydrogen (secondary N) is 1. The third-order valence-electron chi connectivity index (χ3n) is 4.30. The largest absolute Gasteiger partial charge is 0.393 e. The van der Waals surface area contributed by atoms with Gasteiger partial charge >= 0.3 is 0 Å². The summed E-state index contributed by atoms with van der Waals surface area (Å²) in [6.07, 6.45) is 0.530. The molecule has 106 valence electrons. The fourth-order valence-corrected chi connectivity index (χ4v) is 3.08. The molecule has 3 rings (SSSR count). The number of aromatic amines is 1. The first-order chi connectivity index (χ1) is 9.58. The molecule has 0 saturated carbocycles. The number of carbonyl (C=O) groups excluding carboxylic acids is 1. The minimum Gasteiger partial charge on any atom is -0.393 e. The van der Waals surface area contributed by atoms with Crippen molar-refractivity contribution in [2.45, 2.75) is 26.4 Å². The Bertz CT molecular complexity index is 645. The first-order valence-corrected chi connectivity index (χ1v) is 7.12. The fourth-order valence-electron chi connectivity index (χ4n) is 3.08. The monoisotopic (exact) mass is 272 g/mol. The minimum absolute atomic E-state index is 0.0723. The second-order valence-corrected chi connectivity index (χ2v) is 5.71. The Morgan fingerprint density at radius 3 is 2.90 bits per heavy atom. The first-order valence-electron chi connectivity index (χ1n) is 7.12. The predicted octanol–water partition coefficient (Wildman–Crippen LogP) is 2.32. The summed E-state index contributed by atoms with van der Waals surface area (Å²) in [6, 6.07) is 7.89. The van der Waals surface area contributed by atoms with Gasteiger partial charge in [0.1, 0.15) is 0 Å². The molecule has 2 N–H and O–H groups in total. The summed E-state index contributed by atoms with van der Waals surface area (Å²) in [5, 5.41) is 10.6. The third-order valence-corrected chi connectivity index (χ3v) is 4.30. The van der Waals surface area contributed by atoms with Gasteiger partial charge in [-0.25, -0.2) is 0 Å². The number of hydrogen-bond acceptors (Lipinski definition) is 2. The molecule has 1 amide bonds. The van der Waals surface area contributed by atoms with Gasteiger partial charge in [0.25, 0.3) is 5.91 Å². The number of amides is 1. The van der Waals surface area contributed by atoms with Crippen LogP contribution in [0.4, 0.5) is 0 Å². The molecule has 4 heteroatoms. The van der Waals surface area contributed by atoms with Crippen LogP contribution in [0.5, 0.6) is 0 Å². The molecule has 1 saturated heterocycles. The maximum absolute atomic E-state index is 12.7. The number of hydrogen-bond donors (Lipinski definition) is 2. The van der Waals surface area contributed by atoms with Gasteiger partial charge in [0, 0.05) is 35.6 Å². The molecular formula is C16H20N2O2. The maximum Gasteiger partial charge on any atom is 0.256 e. The zero-order valence-electron chi connectivity index (χ0n) is 11.9. The second kappa shape index (κ2) is 4.94. The number of aliphatic hydroxyl groups is 1. The number of aromatic nitrogens is 1. The molecule has 0 bridgehead atoms. The van der Waals surface area contributed by atoms with Crippen LogP contribution in [-0.2, 0) is 0 Å². The van der Waals surface area contributed by atoms with Crippen LogP contribution < -0.4 is 0 Å². The van der Waals surface area contributed by atoms with Gasteiger partial charge in [-0.05, 0) is 26.3 Å². The Labute approximate surface area is 118 Å². The van der Waals surface area contributed by atoms with E-state index in [0.29, 0.717) is 6.54 Å². The highest BCUT2D eigenvalue weighted by Gasteiger charge is 2.31. The molecule has 1 aliphatic rings. The van der Waals surface area contributed by atoms with E-state index in [2.05, 4.69) is 4.98 Å². The zero-order valence-corrected chi connectivity index (χ0v) is 11.9. The van der Waals surface area contributed by atoms with E-state index >= 15 is 0 Å². The third kappa shape index (κ3) is 2.10. The average Bonchev–Trinajstić information content (AvgIpc) is 3.01. The van der Waals surface area contributed by atoms with E-state index < -0.39 is 0 Å². The molecule has 1 fully saturated rings. The molecule has 1 aliphatic heterocycles. The molecule has 1 aromatic heterocycles. The summed E-state index contributed by atoms with van der Waals surface area (Å²) in [7, 11) is 0. The molecule has 2 aromatic rings. The predicted molar refractivity (Wildman–Crippen MR) is 78.7 cm³/mol. The van der Waals surface area contributed by atoms with Crippen molar-refractivity contribution in [1.29, 1.82) is 0 Å². The van der Waals surface area contributed by atoms with E-state index in [9.17, 15) is 9.90 Å². The van der Waals surface area contributed by atoms with E-state index in [4.69, 9.17) is 0 Å². The van der Waals surface area contributed by atoms with Crippen LogP contribution in [0.2, 0.25) is 0 Å². The number of benzene rings is 1. The number of fused-ring (bicyclic) bond motifs is 1. The number of aryl methyl sites for hydroxylation is 1. The van der Waals surface area contributed by atoms with Gasteiger partial charge in [-0.3, -0.25) is 4.79 Å². The van der Waals surface area contributed by atoms with Gasteiger partial charge in [-0.2, -0.15) is 0 Å². The lowest BCUT2D eigenvalue weighted by atomic mass is 10.0. The van der Waals surface area contributed by atoms with Crippen LogP contribution >= 0.6 is 0 Å². The van der Waals surface area contributed by atoms with E-state index in [-0.39, 0.29) is 17.9 Å². The Kier molecular flexibility index (Phi) is 3.26. The van der Waals surface area contributed by atoms with Gasteiger partial charge in [-0.1, -0.05) is 18.2 Å². The summed E-state index contributed by atoms with van der Waals surface area (Å²) in [5.74, 6) is 0.271. The van der Waals surface area contributed by atoms with Crippen molar-refractivity contribution in [1.82, 2.24) is 9.88 Å². The highest BCUT2D eigenvalue weighted by molar-refractivity contribution is 6.08. The Balaban J connectivity index is 1.92. The number of para-hydroxylation sites is 1. The molecule has 2 heterocycles. The van der Waals surface area contributed by atoms with Crippen LogP contribution in [0.25, 0.3) is 10.9 Å². The van der Waals surface area contributed by atoms with Crippen molar-refractivity contribution >= 4 is 16.8 Å². The fraction of sp³-hybridized carbons (Fsp3) is 0.438. The van der Waals surface area contributed by atoms with Crippen LogP contribution in [0.3, 0.4) is 0 Å². The molecule has 0 radical (unpaired) electrons. The second-order valence-electron chi connectivity index (χ2n) is 5.71. The summed E-state index contributed by atoms with van der Waals surface area (Å²) in [5.41, 5.74) is 2.68. The van der Waals surface area contributed by atoms with Gasteiger partial charge in [0.2, 0.25) is 0 Å². The van der Waals surface area contributed by atoms with Crippen molar-refractivity contribution in [2.24, 2.45) is 5.92 Å². The van der Waals surface area contributed by atoms with E-state index in [1.54, 1.807) is 6.92 Å². The summed E-state index contributed by atoms with van der Waals surface area (Å²) in [6.45, 7) is 5.12. The standard InChI is InChI=1S/C16H20N2O2/c1-10-15(13-5-3-4-6-14(13)17-10)16(20)18-8-7-12(9-18)11(2)19/h3-6,11-12,17,19H,7-9H2,1-2H3. The number of carbonyl (C=O) groups is 1. The van der Waals surface area contributed by atoms with Crippen LogP contribution in [-0.4, -0.2) is 40.1 Å². The Hall–Kier alpha value is -1.81. The van der Waals surface area contributed by atoms with E-state index in [1.165, 1.54) is 0 Å². The maximum atomic E-state index is 12.7. The number of H-pyrrole nitrogens is 1. The van der Waals surface area contributed by atoms with Gasteiger partial charge in [0.15, 0.2) is 0 Å². The first kappa shape index (κ1) is 13.2. The molecule has 0 aliphatic carbocycles. The smallest absolute Gasteiger partial charge is 0.256 e. The highest BCUT2D eigenvalue weighted by Crippen LogP contribution is 2.27.